The molecule has 0 fully saturated rings. The third-order valence-electron chi connectivity index (χ3n) is 7.81. The molecule has 0 radical (unpaired) electrons. The van der Waals surface area contributed by atoms with Gasteiger partial charge in [-0.05, 0) is 69.0 Å². The van der Waals surface area contributed by atoms with Crippen LogP contribution < -0.4 is 20.5 Å². The summed E-state index contributed by atoms with van der Waals surface area (Å²) in [6, 6.07) is 11.0. The van der Waals surface area contributed by atoms with E-state index in [-0.39, 0.29) is 35.9 Å². The number of ether oxygens (including phenoxy) is 2. The Kier molecular flexibility index (Phi) is 7.07. The average molecular weight is 519 g/mol. The number of carbonyl (C=O) groups excluding carboxylic acids is 2. The van der Waals surface area contributed by atoms with Crippen molar-refractivity contribution in [3.63, 3.8) is 0 Å². The van der Waals surface area contributed by atoms with Crippen molar-refractivity contribution in [2.45, 2.75) is 89.9 Å². The molecule has 6 bridgehead atoms. The van der Waals surface area contributed by atoms with Gasteiger partial charge in [-0.15, -0.1) is 0 Å². The Balaban J connectivity index is 0.00000144. The van der Waals surface area contributed by atoms with Crippen LogP contribution in [-0.4, -0.2) is 40.9 Å². The molecule has 0 saturated heterocycles. The summed E-state index contributed by atoms with van der Waals surface area (Å²) in [5, 5.41) is 3.22. The summed E-state index contributed by atoms with van der Waals surface area (Å²) >= 11 is 0. The number of aryl methyl sites for hydroxylation is 1. The number of benzene rings is 2. The standard InChI is InChI=1S/C28H32N4O4.C2H6/c1-28(2)25-20-13-16(7-9-23(20)36-28)5-3-4-6-18-15-24(33)32(27(29)30-18)21-11-12-35-22-10-8-17(14-19(21)22)26(34)31-25;1-2/h7-10,13-14,18,21,25H,3-6,11-12,15H2,1-2H3,(H2,29,30)(H,31,34);1-2H3/t18?,21-,25?;/m1./s1. The summed E-state index contributed by atoms with van der Waals surface area (Å²) in [5.41, 5.74) is 9.29. The molecule has 0 saturated carbocycles. The third kappa shape index (κ3) is 4.72. The first-order chi connectivity index (χ1) is 18.3. The van der Waals surface area contributed by atoms with E-state index in [2.05, 4.69) is 17.4 Å². The molecule has 3 N–H and O–H groups in total. The number of nitrogens with zero attached hydrogens (tertiary/aromatic N) is 2. The number of aliphatic imine (C=N–C) groups is 1. The SMILES string of the molecule is CC.CC1(C)Oc2ccc3cc2C1NC(=O)c1ccc2c(c1)[C@@H](CCO2)N1C(=O)CC(CCCC3)N=C1N. The maximum Gasteiger partial charge on any atom is 0.251 e. The number of carbonyl (C=O) groups is 2. The molecule has 5 heterocycles. The quantitative estimate of drug-likeness (QED) is 0.520. The average Bonchev–Trinajstić information content (AvgIpc) is 3.15. The Morgan fingerprint density at radius 3 is 2.61 bits per heavy atom. The van der Waals surface area contributed by atoms with E-state index in [1.165, 1.54) is 5.56 Å². The first-order valence-corrected chi connectivity index (χ1v) is 13.8. The smallest absolute Gasteiger partial charge is 0.251 e. The van der Waals surface area contributed by atoms with Crippen molar-refractivity contribution in [3.05, 3.63) is 58.7 Å². The molecule has 7 rings (SSSR count). The summed E-state index contributed by atoms with van der Waals surface area (Å²) in [4.78, 5) is 33.1. The fraction of sp³-hybridized carbons (Fsp3) is 0.500. The Bertz CT molecular complexity index is 1270. The molecule has 2 amide bonds. The van der Waals surface area contributed by atoms with Gasteiger partial charge in [0.25, 0.3) is 5.91 Å². The molecular formula is C30H38N4O4. The minimum Gasteiger partial charge on any atom is -0.493 e. The van der Waals surface area contributed by atoms with Gasteiger partial charge in [0.1, 0.15) is 17.1 Å². The summed E-state index contributed by atoms with van der Waals surface area (Å²) < 4.78 is 12.1. The van der Waals surface area contributed by atoms with Crippen molar-refractivity contribution in [1.82, 2.24) is 10.2 Å². The van der Waals surface area contributed by atoms with Gasteiger partial charge < -0.3 is 20.5 Å². The van der Waals surface area contributed by atoms with Crippen molar-refractivity contribution in [2.75, 3.05) is 6.61 Å². The molecule has 2 aromatic rings. The van der Waals surface area contributed by atoms with Crippen molar-refractivity contribution < 1.29 is 19.1 Å². The van der Waals surface area contributed by atoms with E-state index in [9.17, 15) is 9.59 Å². The second-order valence-electron chi connectivity index (χ2n) is 10.7. The van der Waals surface area contributed by atoms with Gasteiger partial charge in [-0.2, -0.15) is 0 Å². The van der Waals surface area contributed by atoms with Crippen molar-refractivity contribution in [3.8, 4) is 11.5 Å². The van der Waals surface area contributed by atoms with Crippen LogP contribution >= 0.6 is 0 Å². The molecule has 8 nitrogen and oxygen atoms in total. The molecule has 0 aliphatic carbocycles. The van der Waals surface area contributed by atoms with Crippen LogP contribution in [0.5, 0.6) is 11.5 Å². The van der Waals surface area contributed by atoms with Crippen LogP contribution in [-0.2, 0) is 11.2 Å². The van der Waals surface area contributed by atoms with Gasteiger partial charge in [0.05, 0.1) is 24.7 Å². The summed E-state index contributed by atoms with van der Waals surface area (Å²) in [5.74, 6) is 1.52. The minimum absolute atomic E-state index is 0.0218. The predicted octanol–water partition coefficient (Wildman–Crippen LogP) is 4.82. The molecule has 8 heteroatoms. The highest BCUT2D eigenvalue weighted by atomic mass is 16.5. The lowest BCUT2D eigenvalue weighted by Gasteiger charge is -2.38. The van der Waals surface area contributed by atoms with E-state index in [4.69, 9.17) is 20.2 Å². The van der Waals surface area contributed by atoms with Crippen molar-refractivity contribution in [1.29, 1.82) is 0 Å². The van der Waals surface area contributed by atoms with Crippen LogP contribution in [0.1, 0.15) is 98.9 Å². The summed E-state index contributed by atoms with van der Waals surface area (Å²) in [6.45, 7) is 8.46. The fourth-order valence-electron chi connectivity index (χ4n) is 5.97. The maximum atomic E-state index is 13.5. The van der Waals surface area contributed by atoms with Crippen molar-refractivity contribution >= 4 is 17.8 Å². The highest BCUT2D eigenvalue weighted by molar-refractivity contribution is 5.99. The zero-order valence-corrected chi connectivity index (χ0v) is 22.8. The Labute approximate surface area is 224 Å². The van der Waals surface area contributed by atoms with Gasteiger partial charge in [-0.25, -0.2) is 4.99 Å². The van der Waals surface area contributed by atoms with Gasteiger partial charge in [0.15, 0.2) is 5.96 Å². The molecule has 2 aromatic carbocycles. The Morgan fingerprint density at radius 2 is 1.82 bits per heavy atom. The number of fused-ring (bicyclic) bond motifs is 5. The lowest BCUT2D eigenvalue weighted by Crippen LogP contribution is -2.50. The van der Waals surface area contributed by atoms with E-state index in [1.54, 1.807) is 11.0 Å². The number of nitrogens with two attached hydrogens (primary N) is 1. The molecule has 5 aliphatic heterocycles. The second-order valence-corrected chi connectivity index (χ2v) is 10.7. The topological polar surface area (TPSA) is 106 Å². The molecule has 5 aliphatic rings. The molecule has 202 valence electrons. The van der Waals surface area contributed by atoms with Crippen LogP contribution in [0.2, 0.25) is 0 Å². The molecule has 0 aromatic heterocycles. The zero-order valence-electron chi connectivity index (χ0n) is 22.8. The Hall–Kier alpha value is -3.55. The number of hydrogen-bond acceptors (Lipinski definition) is 6. The second kappa shape index (κ2) is 10.3. The largest absolute Gasteiger partial charge is 0.493 e. The normalized spacial score (nSPS) is 25.5. The van der Waals surface area contributed by atoms with Crippen LogP contribution in [0.3, 0.4) is 0 Å². The maximum absolute atomic E-state index is 13.5. The van der Waals surface area contributed by atoms with Crippen molar-refractivity contribution in [2.24, 2.45) is 10.7 Å². The Morgan fingerprint density at radius 1 is 1.03 bits per heavy atom. The van der Waals surface area contributed by atoms with Gasteiger partial charge in [0, 0.05) is 29.5 Å². The molecule has 0 spiro atoms. The van der Waals surface area contributed by atoms with Gasteiger partial charge >= 0.3 is 0 Å². The molecule has 3 atom stereocenters. The molecular weight excluding hydrogens is 480 g/mol. The van der Waals surface area contributed by atoms with E-state index >= 15 is 0 Å². The fourth-order valence-corrected chi connectivity index (χ4v) is 5.97. The summed E-state index contributed by atoms with van der Waals surface area (Å²) in [6.07, 6.45) is 4.61. The van der Waals surface area contributed by atoms with Crippen LogP contribution in [0.4, 0.5) is 0 Å². The molecule has 38 heavy (non-hydrogen) atoms. The highest BCUT2D eigenvalue weighted by Gasteiger charge is 2.43. The van der Waals surface area contributed by atoms with Crippen LogP contribution in [0, 0.1) is 0 Å². The lowest BCUT2D eigenvalue weighted by molar-refractivity contribution is -0.130. The number of nitrogens with one attached hydrogen (secondary N) is 1. The minimum atomic E-state index is -0.584. The van der Waals surface area contributed by atoms with Crippen LogP contribution in [0.15, 0.2) is 41.4 Å². The van der Waals surface area contributed by atoms with Crippen LogP contribution in [0.25, 0.3) is 0 Å². The predicted molar refractivity (Wildman–Crippen MR) is 146 cm³/mol. The van der Waals surface area contributed by atoms with Gasteiger partial charge in [-0.3, -0.25) is 14.5 Å². The van der Waals surface area contributed by atoms with E-state index in [0.717, 1.165) is 42.6 Å². The lowest BCUT2D eigenvalue weighted by atomic mass is 9.91. The number of amides is 2. The van der Waals surface area contributed by atoms with Gasteiger partial charge in [0.2, 0.25) is 5.91 Å². The summed E-state index contributed by atoms with van der Waals surface area (Å²) in [7, 11) is 0. The first-order valence-electron chi connectivity index (χ1n) is 13.8. The zero-order chi connectivity index (χ0) is 27.0. The van der Waals surface area contributed by atoms with E-state index in [1.807, 2.05) is 45.9 Å². The number of rotatable bonds is 0. The number of hydrogen-bond donors (Lipinski definition) is 2. The molecule has 2 unspecified atom stereocenters. The highest BCUT2D eigenvalue weighted by Crippen LogP contribution is 2.44. The van der Waals surface area contributed by atoms with E-state index < -0.39 is 5.60 Å². The van der Waals surface area contributed by atoms with Gasteiger partial charge in [-0.1, -0.05) is 26.3 Å². The third-order valence-corrected chi connectivity index (χ3v) is 7.81. The van der Waals surface area contributed by atoms with E-state index in [0.29, 0.717) is 30.8 Å². The monoisotopic (exact) mass is 518 g/mol. The first kappa shape index (κ1) is 26.1. The number of guanidine groups is 1.